The van der Waals surface area contributed by atoms with Crippen LogP contribution in [-0.4, -0.2) is 35.9 Å². The van der Waals surface area contributed by atoms with Crippen molar-refractivity contribution in [3.63, 3.8) is 0 Å². The van der Waals surface area contributed by atoms with Crippen molar-refractivity contribution < 1.29 is 9.90 Å². The normalized spacial score (nSPS) is 10.7. The quantitative estimate of drug-likeness (QED) is 0.846. The van der Waals surface area contributed by atoms with Crippen LogP contribution in [0.4, 0.5) is 0 Å². The lowest BCUT2D eigenvalue weighted by molar-refractivity contribution is 0.0691. The van der Waals surface area contributed by atoms with E-state index in [-0.39, 0.29) is 5.69 Å². The van der Waals surface area contributed by atoms with Crippen LogP contribution in [0.3, 0.4) is 0 Å². The standard InChI is InChI=1S/C10H13N5O2/c1-3-6-15-9(7-4-5-11-14(7)2)8(10(16)17)12-13-15/h4-5H,3,6H2,1-2H3,(H,16,17). The Bertz CT molecular complexity index is 543. The number of aryl methyl sites for hydroxylation is 2. The van der Waals surface area contributed by atoms with Gasteiger partial charge in [0.05, 0.1) is 5.69 Å². The summed E-state index contributed by atoms with van der Waals surface area (Å²) in [5.41, 5.74) is 1.15. The summed E-state index contributed by atoms with van der Waals surface area (Å²) in [5, 5.41) is 20.7. The fourth-order valence-electron chi connectivity index (χ4n) is 1.69. The lowest BCUT2D eigenvalue weighted by atomic mass is 10.2. The van der Waals surface area contributed by atoms with Gasteiger partial charge in [-0.15, -0.1) is 5.10 Å². The van der Waals surface area contributed by atoms with E-state index in [1.165, 1.54) is 0 Å². The van der Waals surface area contributed by atoms with Gasteiger partial charge in [-0.05, 0) is 12.5 Å². The smallest absolute Gasteiger partial charge is 0.358 e. The van der Waals surface area contributed by atoms with Crippen LogP contribution >= 0.6 is 0 Å². The number of hydrogen-bond donors (Lipinski definition) is 1. The number of carbonyl (C=O) groups is 1. The molecule has 7 heteroatoms. The largest absolute Gasteiger partial charge is 0.476 e. The summed E-state index contributed by atoms with van der Waals surface area (Å²) < 4.78 is 3.21. The molecule has 0 atom stereocenters. The Balaban J connectivity index is 2.60. The third-order valence-corrected chi connectivity index (χ3v) is 2.44. The first kappa shape index (κ1) is 11.3. The number of aromatic nitrogens is 5. The number of nitrogens with zero attached hydrogens (tertiary/aromatic N) is 5. The SMILES string of the molecule is CCCn1nnc(C(=O)O)c1-c1ccnn1C. The molecule has 0 amide bonds. The minimum absolute atomic E-state index is 0.0398. The van der Waals surface area contributed by atoms with Crippen LogP contribution in [0.5, 0.6) is 0 Å². The number of carboxylic acids is 1. The molecule has 2 rings (SSSR count). The molecule has 90 valence electrons. The van der Waals surface area contributed by atoms with Gasteiger partial charge in [0, 0.05) is 19.8 Å². The third-order valence-electron chi connectivity index (χ3n) is 2.44. The van der Waals surface area contributed by atoms with Gasteiger partial charge in [0.25, 0.3) is 0 Å². The summed E-state index contributed by atoms with van der Waals surface area (Å²) in [5.74, 6) is -1.08. The highest BCUT2D eigenvalue weighted by Crippen LogP contribution is 2.21. The van der Waals surface area contributed by atoms with Crippen molar-refractivity contribution in [1.29, 1.82) is 0 Å². The summed E-state index contributed by atoms with van der Waals surface area (Å²) in [4.78, 5) is 11.1. The first-order valence-electron chi connectivity index (χ1n) is 5.30. The molecule has 0 bridgehead atoms. The molecule has 2 heterocycles. The van der Waals surface area contributed by atoms with Gasteiger partial charge in [0.15, 0.2) is 5.69 Å². The second kappa shape index (κ2) is 4.36. The minimum atomic E-state index is -1.08. The Kier molecular flexibility index (Phi) is 2.90. The van der Waals surface area contributed by atoms with Crippen LogP contribution in [-0.2, 0) is 13.6 Å². The average molecular weight is 235 g/mol. The molecule has 0 aromatic carbocycles. The van der Waals surface area contributed by atoms with Crippen molar-refractivity contribution in [2.75, 3.05) is 0 Å². The molecule has 0 spiro atoms. The van der Waals surface area contributed by atoms with Gasteiger partial charge in [-0.25, -0.2) is 9.48 Å². The van der Waals surface area contributed by atoms with Gasteiger partial charge in [-0.2, -0.15) is 5.10 Å². The van der Waals surface area contributed by atoms with Crippen LogP contribution in [0.2, 0.25) is 0 Å². The van der Waals surface area contributed by atoms with Gasteiger partial charge in [-0.1, -0.05) is 12.1 Å². The molecule has 0 aliphatic heterocycles. The van der Waals surface area contributed by atoms with Crippen molar-refractivity contribution in [2.24, 2.45) is 7.05 Å². The zero-order valence-corrected chi connectivity index (χ0v) is 9.66. The molecular weight excluding hydrogens is 222 g/mol. The predicted molar refractivity (Wildman–Crippen MR) is 59.5 cm³/mol. The molecule has 0 unspecified atom stereocenters. The molecule has 0 radical (unpaired) electrons. The van der Waals surface area contributed by atoms with E-state index in [2.05, 4.69) is 15.4 Å². The monoisotopic (exact) mass is 235 g/mol. The molecule has 2 aromatic rings. The van der Waals surface area contributed by atoms with Crippen molar-refractivity contribution in [1.82, 2.24) is 24.8 Å². The maximum Gasteiger partial charge on any atom is 0.358 e. The lowest BCUT2D eigenvalue weighted by Crippen LogP contribution is -2.07. The molecule has 17 heavy (non-hydrogen) atoms. The van der Waals surface area contributed by atoms with Gasteiger partial charge in [0.1, 0.15) is 5.69 Å². The summed E-state index contributed by atoms with van der Waals surface area (Å²) >= 11 is 0. The Morgan fingerprint density at radius 2 is 2.29 bits per heavy atom. The van der Waals surface area contributed by atoms with E-state index in [1.54, 1.807) is 28.7 Å². The van der Waals surface area contributed by atoms with Crippen LogP contribution in [0.15, 0.2) is 12.3 Å². The zero-order chi connectivity index (χ0) is 12.4. The number of hydrogen-bond acceptors (Lipinski definition) is 4. The molecule has 0 saturated carbocycles. The van der Waals surface area contributed by atoms with E-state index >= 15 is 0 Å². The molecular formula is C10H13N5O2. The lowest BCUT2D eigenvalue weighted by Gasteiger charge is -2.05. The summed E-state index contributed by atoms with van der Waals surface area (Å²) in [6.07, 6.45) is 2.47. The maximum absolute atomic E-state index is 11.1. The first-order chi connectivity index (χ1) is 8.15. The van der Waals surface area contributed by atoms with Crippen molar-refractivity contribution in [3.05, 3.63) is 18.0 Å². The predicted octanol–water partition coefficient (Wildman–Crippen LogP) is 0.787. The van der Waals surface area contributed by atoms with Gasteiger partial charge in [-0.3, -0.25) is 4.68 Å². The van der Waals surface area contributed by atoms with Crippen LogP contribution in [0.1, 0.15) is 23.8 Å². The fraction of sp³-hybridized carbons (Fsp3) is 0.400. The van der Waals surface area contributed by atoms with Gasteiger partial charge in [0.2, 0.25) is 0 Å². The van der Waals surface area contributed by atoms with E-state index in [0.29, 0.717) is 17.9 Å². The zero-order valence-electron chi connectivity index (χ0n) is 9.66. The van der Waals surface area contributed by atoms with Crippen LogP contribution < -0.4 is 0 Å². The Hall–Kier alpha value is -2.18. The van der Waals surface area contributed by atoms with E-state index in [0.717, 1.165) is 6.42 Å². The molecule has 0 aliphatic carbocycles. The molecule has 1 N–H and O–H groups in total. The van der Waals surface area contributed by atoms with E-state index in [1.807, 2.05) is 6.92 Å². The first-order valence-corrected chi connectivity index (χ1v) is 5.30. The second-order valence-electron chi connectivity index (χ2n) is 3.66. The number of rotatable bonds is 4. The van der Waals surface area contributed by atoms with Crippen molar-refractivity contribution >= 4 is 5.97 Å². The molecule has 0 saturated heterocycles. The second-order valence-corrected chi connectivity index (χ2v) is 3.66. The topological polar surface area (TPSA) is 85.8 Å². The van der Waals surface area contributed by atoms with Crippen molar-refractivity contribution in [3.8, 4) is 11.4 Å². The Morgan fingerprint density at radius 3 is 2.82 bits per heavy atom. The fourth-order valence-corrected chi connectivity index (χ4v) is 1.69. The number of aromatic carboxylic acids is 1. The highest BCUT2D eigenvalue weighted by Gasteiger charge is 2.22. The van der Waals surface area contributed by atoms with Crippen LogP contribution in [0.25, 0.3) is 11.4 Å². The molecule has 0 fully saturated rings. The van der Waals surface area contributed by atoms with Crippen molar-refractivity contribution in [2.45, 2.75) is 19.9 Å². The minimum Gasteiger partial charge on any atom is -0.476 e. The van der Waals surface area contributed by atoms with Crippen LogP contribution in [0, 0.1) is 0 Å². The molecule has 0 aliphatic rings. The Morgan fingerprint density at radius 1 is 1.53 bits per heavy atom. The van der Waals surface area contributed by atoms with Gasteiger partial charge >= 0.3 is 5.97 Å². The molecule has 7 nitrogen and oxygen atoms in total. The van der Waals surface area contributed by atoms with E-state index < -0.39 is 5.97 Å². The average Bonchev–Trinajstić information content (AvgIpc) is 2.84. The Labute approximate surface area is 97.7 Å². The van der Waals surface area contributed by atoms with E-state index in [9.17, 15) is 4.79 Å². The highest BCUT2D eigenvalue weighted by atomic mass is 16.4. The highest BCUT2D eigenvalue weighted by molar-refractivity contribution is 5.92. The molecule has 2 aromatic heterocycles. The number of carboxylic acid groups (broad SMARTS) is 1. The summed E-state index contributed by atoms with van der Waals surface area (Å²) in [7, 11) is 1.75. The summed E-state index contributed by atoms with van der Waals surface area (Å²) in [6.45, 7) is 2.62. The van der Waals surface area contributed by atoms with E-state index in [4.69, 9.17) is 5.11 Å². The van der Waals surface area contributed by atoms with Gasteiger partial charge < -0.3 is 5.11 Å². The summed E-state index contributed by atoms with van der Waals surface area (Å²) in [6, 6.07) is 1.75. The third kappa shape index (κ3) is 1.91. The maximum atomic E-state index is 11.1.